The highest BCUT2D eigenvalue weighted by Gasteiger charge is 2.14. The molecular formula is C9H10F2O3. The van der Waals surface area contributed by atoms with Crippen molar-refractivity contribution in [2.45, 2.75) is 19.0 Å². The molecule has 0 spiro atoms. The van der Waals surface area contributed by atoms with Gasteiger partial charge in [0.2, 0.25) is 0 Å². The fraction of sp³-hybridized carbons (Fsp3) is 0.444. The Bertz CT molecular complexity index is 271. The van der Waals surface area contributed by atoms with E-state index in [4.69, 9.17) is 9.84 Å². The summed E-state index contributed by atoms with van der Waals surface area (Å²) in [4.78, 5) is 10.4. The van der Waals surface area contributed by atoms with E-state index in [0.717, 1.165) is 0 Å². The Balaban J connectivity index is 2.37. The molecule has 1 aliphatic carbocycles. The van der Waals surface area contributed by atoms with E-state index in [1.807, 2.05) is 0 Å². The first-order valence-electron chi connectivity index (χ1n) is 4.11. The van der Waals surface area contributed by atoms with Crippen molar-refractivity contribution in [1.29, 1.82) is 0 Å². The Hall–Kier alpha value is -1.23. The SMILES string of the molecule is O=C(O)C1=CCC(OCC(F)F)C=C1. The number of aliphatic carboxylic acids is 1. The molecule has 0 aromatic rings. The molecule has 1 unspecified atom stereocenters. The van der Waals surface area contributed by atoms with Gasteiger partial charge in [0.05, 0.1) is 11.7 Å². The first-order chi connectivity index (χ1) is 6.59. The fourth-order valence-electron chi connectivity index (χ4n) is 1.08. The lowest BCUT2D eigenvalue weighted by Crippen LogP contribution is -2.17. The van der Waals surface area contributed by atoms with E-state index >= 15 is 0 Å². The minimum Gasteiger partial charge on any atom is -0.478 e. The van der Waals surface area contributed by atoms with Gasteiger partial charge in [-0.25, -0.2) is 13.6 Å². The lowest BCUT2D eigenvalue weighted by Gasteiger charge is -2.15. The van der Waals surface area contributed by atoms with Gasteiger partial charge in [-0.15, -0.1) is 0 Å². The molecule has 0 saturated heterocycles. The van der Waals surface area contributed by atoms with Crippen LogP contribution < -0.4 is 0 Å². The second-order valence-corrected chi connectivity index (χ2v) is 2.82. The van der Waals surface area contributed by atoms with Crippen LogP contribution in [0.25, 0.3) is 0 Å². The average molecular weight is 204 g/mol. The van der Waals surface area contributed by atoms with Gasteiger partial charge in [0, 0.05) is 0 Å². The largest absolute Gasteiger partial charge is 0.478 e. The summed E-state index contributed by atoms with van der Waals surface area (Å²) in [7, 11) is 0. The predicted molar refractivity (Wildman–Crippen MR) is 45.2 cm³/mol. The average Bonchev–Trinajstić information content (AvgIpc) is 2.15. The monoisotopic (exact) mass is 204 g/mol. The smallest absolute Gasteiger partial charge is 0.335 e. The predicted octanol–water partition coefficient (Wildman–Crippen LogP) is 1.61. The summed E-state index contributed by atoms with van der Waals surface area (Å²) in [5.41, 5.74) is 0.168. The molecule has 0 amide bonds. The second kappa shape index (κ2) is 4.85. The summed E-state index contributed by atoms with van der Waals surface area (Å²) in [6, 6.07) is 0. The number of carboxylic acid groups (broad SMARTS) is 1. The van der Waals surface area contributed by atoms with Crippen LogP contribution in [0.2, 0.25) is 0 Å². The van der Waals surface area contributed by atoms with Gasteiger partial charge < -0.3 is 9.84 Å². The van der Waals surface area contributed by atoms with Crippen molar-refractivity contribution in [3.63, 3.8) is 0 Å². The molecule has 5 heteroatoms. The molecule has 1 N–H and O–H groups in total. The Morgan fingerprint density at radius 3 is 2.86 bits per heavy atom. The minimum atomic E-state index is -2.49. The van der Waals surface area contributed by atoms with Gasteiger partial charge in [0.25, 0.3) is 6.43 Å². The number of hydrogen-bond donors (Lipinski definition) is 1. The lowest BCUT2D eigenvalue weighted by atomic mass is 10.1. The molecule has 3 nitrogen and oxygen atoms in total. The summed E-state index contributed by atoms with van der Waals surface area (Å²) in [5, 5.41) is 8.56. The maximum absolute atomic E-state index is 11.7. The molecule has 0 radical (unpaired) electrons. The highest BCUT2D eigenvalue weighted by molar-refractivity contribution is 5.90. The van der Waals surface area contributed by atoms with Crippen molar-refractivity contribution in [2.24, 2.45) is 0 Å². The minimum absolute atomic E-state index is 0.168. The van der Waals surface area contributed by atoms with Crippen LogP contribution in [0.3, 0.4) is 0 Å². The molecule has 0 aromatic heterocycles. The van der Waals surface area contributed by atoms with Crippen molar-refractivity contribution in [2.75, 3.05) is 6.61 Å². The zero-order valence-corrected chi connectivity index (χ0v) is 7.32. The lowest BCUT2D eigenvalue weighted by molar-refractivity contribution is -0.132. The summed E-state index contributed by atoms with van der Waals surface area (Å²) in [5.74, 6) is -1.02. The van der Waals surface area contributed by atoms with Crippen molar-refractivity contribution in [1.82, 2.24) is 0 Å². The number of rotatable bonds is 4. The van der Waals surface area contributed by atoms with Gasteiger partial charge in [-0.3, -0.25) is 0 Å². The number of hydrogen-bond acceptors (Lipinski definition) is 2. The first-order valence-corrected chi connectivity index (χ1v) is 4.11. The van der Waals surface area contributed by atoms with Gasteiger partial charge in [-0.1, -0.05) is 12.2 Å². The third-order valence-corrected chi connectivity index (χ3v) is 1.74. The maximum atomic E-state index is 11.7. The Kier molecular flexibility index (Phi) is 3.76. The fourth-order valence-corrected chi connectivity index (χ4v) is 1.08. The normalized spacial score (nSPS) is 21.1. The Labute approximate surface area is 79.7 Å². The van der Waals surface area contributed by atoms with Crippen LogP contribution in [0.5, 0.6) is 0 Å². The second-order valence-electron chi connectivity index (χ2n) is 2.82. The van der Waals surface area contributed by atoms with Crippen LogP contribution in [0, 0.1) is 0 Å². The molecule has 0 fully saturated rings. The third-order valence-electron chi connectivity index (χ3n) is 1.74. The first kappa shape index (κ1) is 10.8. The number of alkyl halides is 2. The van der Waals surface area contributed by atoms with E-state index in [9.17, 15) is 13.6 Å². The quantitative estimate of drug-likeness (QED) is 0.756. The molecule has 1 atom stereocenters. The van der Waals surface area contributed by atoms with Gasteiger partial charge in [-0.2, -0.15) is 0 Å². The topological polar surface area (TPSA) is 46.5 Å². The van der Waals surface area contributed by atoms with Gasteiger partial charge in [0.1, 0.15) is 6.61 Å². The summed E-state index contributed by atoms with van der Waals surface area (Å²) < 4.78 is 28.3. The van der Waals surface area contributed by atoms with Crippen LogP contribution >= 0.6 is 0 Å². The van der Waals surface area contributed by atoms with Gasteiger partial charge in [-0.05, 0) is 12.5 Å². The molecule has 0 aliphatic heterocycles. The molecule has 78 valence electrons. The standard InChI is InChI=1S/C9H10F2O3/c10-8(11)5-14-7-3-1-6(2-4-7)9(12)13/h1-3,7-8H,4-5H2,(H,12,13). The number of carbonyl (C=O) groups is 1. The molecule has 0 saturated carbocycles. The van der Waals surface area contributed by atoms with Crippen molar-refractivity contribution < 1.29 is 23.4 Å². The highest BCUT2D eigenvalue weighted by atomic mass is 19.3. The van der Waals surface area contributed by atoms with E-state index in [1.165, 1.54) is 18.2 Å². The highest BCUT2D eigenvalue weighted by Crippen LogP contribution is 2.14. The van der Waals surface area contributed by atoms with Crippen LogP contribution in [-0.4, -0.2) is 30.2 Å². The molecular weight excluding hydrogens is 194 g/mol. The van der Waals surface area contributed by atoms with Gasteiger partial charge >= 0.3 is 5.97 Å². The number of ether oxygens (including phenoxy) is 1. The molecule has 0 bridgehead atoms. The maximum Gasteiger partial charge on any atom is 0.335 e. The molecule has 14 heavy (non-hydrogen) atoms. The van der Waals surface area contributed by atoms with E-state index in [-0.39, 0.29) is 5.57 Å². The van der Waals surface area contributed by atoms with E-state index in [0.29, 0.717) is 6.42 Å². The molecule has 1 aliphatic rings. The van der Waals surface area contributed by atoms with E-state index in [1.54, 1.807) is 0 Å². The third kappa shape index (κ3) is 3.26. The van der Waals surface area contributed by atoms with Crippen molar-refractivity contribution in [3.05, 3.63) is 23.8 Å². The zero-order chi connectivity index (χ0) is 10.6. The van der Waals surface area contributed by atoms with Crippen LogP contribution in [-0.2, 0) is 9.53 Å². The Morgan fingerprint density at radius 2 is 2.43 bits per heavy atom. The van der Waals surface area contributed by atoms with Crippen LogP contribution in [0.1, 0.15) is 6.42 Å². The summed E-state index contributed by atoms with van der Waals surface area (Å²) in [6.07, 6.45) is 1.69. The van der Waals surface area contributed by atoms with Crippen molar-refractivity contribution >= 4 is 5.97 Å². The number of halogens is 2. The molecule has 0 heterocycles. The summed E-state index contributed by atoms with van der Waals surface area (Å²) in [6.45, 7) is -0.620. The van der Waals surface area contributed by atoms with Crippen LogP contribution in [0.4, 0.5) is 8.78 Å². The van der Waals surface area contributed by atoms with E-state index in [2.05, 4.69) is 0 Å². The van der Waals surface area contributed by atoms with Crippen LogP contribution in [0.15, 0.2) is 23.8 Å². The van der Waals surface area contributed by atoms with Crippen molar-refractivity contribution in [3.8, 4) is 0 Å². The molecule has 1 rings (SSSR count). The van der Waals surface area contributed by atoms with Gasteiger partial charge in [0.15, 0.2) is 0 Å². The zero-order valence-electron chi connectivity index (χ0n) is 7.32. The number of carboxylic acids is 1. The Morgan fingerprint density at radius 1 is 1.71 bits per heavy atom. The molecule has 0 aromatic carbocycles. The van der Waals surface area contributed by atoms with E-state index < -0.39 is 25.1 Å². The summed E-state index contributed by atoms with van der Waals surface area (Å²) >= 11 is 0.